The van der Waals surface area contributed by atoms with Gasteiger partial charge in [-0.15, -0.1) is 0 Å². The predicted molar refractivity (Wildman–Crippen MR) is 134 cm³/mol. The van der Waals surface area contributed by atoms with Crippen molar-refractivity contribution in [2.45, 2.75) is 45.2 Å². The molecule has 0 bridgehead atoms. The van der Waals surface area contributed by atoms with Crippen LogP contribution in [-0.4, -0.2) is 29.3 Å². The number of amides is 2. The van der Waals surface area contributed by atoms with E-state index < -0.39 is 6.04 Å². The predicted octanol–water partition coefficient (Wildman–Crippen LogP) is 5.58. The standard InChI is InChI=1S/C28H30ClFN2O2/c1-2-3-16-31-28(34)26(18-21-8-5-4-6-9-21)32(20-23-10-7-11-24(29)17-23)27(33)19-22-12-14-25(30)15-13-22/h4-15,17,26H,2-3,16,18-20H2,1H3,(H,31,34). The first-order chi connectivity index (χ1) is 16.5. The second kappa shape index (κ2) is 12.9. The molecule has 3 rings (SSSR count). The van der Waals surface area contributed by atoms with Gasteiger partial charge in [-0.3, -0.25) is 9.59 Å². The normalized spacial score (nSPS) is 11.6. The maximum Gasteiger partial charge on any atom is 0.243 e. The summed E-state index contributed by atoms with van der Waals surface area (Å²) in [6, 6.07) is 22.1. The second-order valence-corrected chi connectivity index (χ2v) is 8.74. The molecule has 34 heavy (non-hydrogen) atoms. The summed E-state index contributed by atoms with van der Waals surface area (Å²) in [5.41, 5.74) is 2.48. The van der Waals surface area contributed by atoms with Crippen molar-refractivity contribution in [3.8, 4) is 0 Å². The number of carbonyl (C=O) groups excluding carboxylic acids is 2. The van der Waals surface area contributed by atoms with Crippen molar-refractivity contribution in [3.05, 3.63) is 106 Å². The SMILES string of the molecule is CCCCNC(=O)C(Cc1ccccc1)N(Cc1cccc(Cl)c1)C(=O)Cc1ccc(F)cc1. The molecule has 0 aliphatic carbocycles. The summed E-state index contributed by atoms with van der Waals surface area (Å²) in [6.45, 7) is 2.85. The molecule has 0 saturated carbocycles. The van der Waals surface area contributed by atoms with Gasteiger partial charge >= 0.3 is 0 Å². The first-order valence-corrected chi connectivity index (χ1v) is 11.9. The fourth-order valence-corrected chi connectivity index (χ4v) is 3.98. The average molecular weight is 481 g/mol. The number of carbonyl (C=O) groups is 2. The molecule has 0 aliphatic heterocycles. The van der Waals surface area contributed by atoms with Crippen LogP contribution in [0, 0.1) is 5.82 Å². The lowest BCUT2D eigenvalue weighted by Crippen LogP contribution is -2.51. The van der Waals surface area contributed by atoms with E-state index in [4.69, 9.17) is 11.6 Å². The van der Waals surface area contributed by atoms with Crippen LogP contribution >= 0.6 is 11.6 Å². The van der Waals surface area contributed by atoms with Crippen molar-refractivity contribution >= 4 is 23.4 Å². The van der Waals surface area contributed by atoms with Gasteiger partial charge in [0, 0.05) is 24.5 Å². The molecule has 0 spiro atoms. The zero-order valence-corrected chi connectivity index (χ0v) is 20.1. The minimum absolute atomic E-state index is 0.0639. The molecule has 0 saturated heterocycles. The van der Waals surface area contributed by atoms with Gasteiger partial charge in [0.2, 0.25) is 11.8 Å². The fraction of sp³-hybridized carbons (Fsp3) is 0.286. The third kappa shape index (κ3) is 7.70. The highest BCUT2D eigenvalue weighted by Gasteiger charge is 2.30. The number of nitrogens with one attached hydrogen (secondary N) is 1. The molecule has 0 fully saturated rings. The van der Waals surface area contributed by atoms with E-state index in [-0.39, 0.29) is 30.6 Å². The van der Waals surface area contributed by atoms with Crippen molar-refractivity contribution < 1.29 is 14.0 Å². The van der Waals surface area contributed by atoms with Crippen molar-refractivity contribution in [1.82, 2.24) is 10.2 Å². The molecule has 0 heterocycles. The molecule has 2 amide bonds. The zero-order chi connectivity index (χ0) is 24.3. The van der Waals surface area contributed by atoms with Gasteiger partial charge in [-0.1, -0.05) is 79.5 Å². The van der Waals surface area contributed by atoms with Crippen LogP contribution in [0.1, 0.15) is 36.5 Å². The Balaban J connectivity index is 1.93. The third-order valence-corrected chi connectivity index (χ3v) is 5.85. The number of unbranched alkanes of at least 4 members (excludes halogenated alkanes) is 1. The molecule has 0 radical (unpaired) electrons. The average Bonchev–Trinajstić information content (AvgIpc) is 2.83. The monoisotopic (exact) mass is 480 g/mol. The Bertz CT molecular complexity index is 1070. The van der Waals surface area contributed by atoms with Crippen molar-refractivity contribution in [2.75, 3.05) is 6.54 Å². The number of rotatable bonds is 11. The summed E-state index contributed by atoms with van der Waals surface area (Å²) in [6.07, 6.45) is 2.27. The maximum atomic E-state index is 13.6. The molecule has 3 aromatic carbocycles. The number of hydrogen-bond acceptors (Lipinski definition) is 2. The lowest BCUT2D eigenvalue weighted by atomic mass is 10.0. The molecule has 1 N–H and O–H groups in total. The minimum atomic E-state index is -0.703. The number of benzene rings is 3. The highest BCUT2D eigenvalue weighted by Crippen LogP contribution is 2.19. The van der Waals surface area contributed by atoms with Gasteiger partial charge in [0.1, 0.15) is 11.9 Å². The Labute approximate surface area is 205 Å². The van der Waals surface area contributed by atoms with E-state index in [1.54, 1.807) is 29.2 Å². The van der Waals surface area contributed by atoms with Crippen molar-refractivity contribution in [1.29, 1.82) is 0 Å². The van der Waals surface area contributed by atoms with Crippen LogP contribution in [0.25, 0.3) is 0 Å². The van der Waals surface area contributed by atoms with E-state index in [2.05, 4.69) is 12.2 Å². The van der Waals surface area contributed by atoms with Crippen LogP contribution in [0.3, 0.4) is 0 Å². The van der Waals surface area contributed by atoms with E-state index in [0.29, 0.717) is 23.6 Å². The summed E-state index contributed by atoms with van der Waals surface area (Å²) in [5.74, 6) is -0.755. The van der Waals surface area contributed by atoms with Crippen molar-refractivity contribution in [2.24, 2.45) is 0 Å². The summed E-state index contributed by atoms with van der Waals surface area (Å²) < 4.78 is 13.4. The Morgan fingerprint density at radius 3 is 2.32 bits per heavy atom. The number of nitrogens with zero attached hydrogens (tertiary/aromatic N) is 1. The molecule has 1 atom stereocenters. The lowest BCUT2D eigenvalue weighted by molar-refractivity contribution is -0.140. The third-order valence-electron chi connectivity index (χ3n) is 5.61. The summed E-state index contributed by atoms with van der Waals surface area (Å²) >= 11 is 6.19. The molecule has 178 valence electrons. The summed E-state index contributed by atoms with van der Waals surface area (Å²) in [5, 5.41) is 3.56. The largest absolute Gasteiger partial charge is 0.354 e. The zero-order valence-electron chi connectivity index (χ0n) is 19.3. The smallest absolute Gasteiger partial charge is 0.243 e. The first kappa shape index (κ1) is 25.4. The van der Waals surface area contributed by atoms with Crippen LogP contribution in [-0.2, 0) is 29.0 Å². The lowest BCUT2D eigenvalue weighted by Gasteiger charge is -2.32. The molecular weight excluding hydrogens is 451 g/mol. The van der Waals surface area contributed by atoms with Gasteiger partial charge in [0.05, 0.1) is 6.42 Å². The Kier molecular flexibility index (Phi) is 9.65. The Morgan fingerprint density at radius 2 is 1.65 bits per heavy atom. The number of halogens is 2. The van der Waals surface area contributed by atoms with Crippen LogP contribution in [0.5, 0.6) is 0 Å². The van der Waals surface area contributed by atoms with Crippen LogP contribution in [0.15, 0.2) is 78.9 Å². The van der Waals surface area contributed by atoms with E-state index >= 15 is 0 Å². The van der Waals surface area contributed by atoms with Crippen molar-refractivity contribution in [3.63, 3.8) is 0 Å². The second-order valence-electron chi connectivity index (χ2n) is 8.30. The molecule has 0 aliphatic rings. The van der Waals surface area contributed by atoms with E-state index in [1.807, 2.05) is 42.5 Å². The Hall–Kier alpha value is -3.18. The van der Waals surface area contributed by atoms with Gasteiger partial charge in [-0.05, 0) is 47.4 Å². The molecule has 6 heteroatoms. The topological polar surface area (TPSA) is 49.4 Å². The maximum absolute atomic E-state index is 13.6. The van der Waals surface area contributed by atoms with Crippen LogP contribution < -0.4 is 5.32 Å². The van der Waals surface area contributed by atoms with E-state index in [9.17, 15) is 14.0 Å². The fourth-order valence-electron chi connectivity index (χ4n) is 3.77. The van der Waals surface area contributed by atoms with Gasteiger partial charge < -0.3 is 10.2 Å². The quantitative estimate of drug-likeness (QED) is 0.364. The minimum Gasteiger partial charge on any atom is -0.354 e. The summed E-state index contributed by atoms with van der Waals surface area (Å²) in [7, 11) is 0. The summed E-state index contributed by atoms with van der Waals surface area (Å²) in [4.78, 5) is 28.5. The van der Waals surface area contributed by atoms with E-state index in [0.717, 1.165) is 24.0 Å². The first-order valence-electron chi connectivity index (χ1n) is 11.6. The molecular formula is C28H30ClFN2O2. The molecule has 0 aromatic heterocycles. The van der Waals surface area contributed by atoms with Crippen LogP contribution in [0.4, 0.5) is 4.39 Å². The highest BCUT2D eigenvalue weighted by molar-refractivity contribution is 6.30. The van der Waals surface area contributed by atoms with Gasteiger partial charge in [-0.25, -0.2) is 4.39 Å². The molecule has 1 unspecified atom stereocenters. The van der Waals surface area contributed by atoms with E-state index in [1.165, 1.54) is 12.1 Å². The number of hydrogen-bond donors (Lipinski definition) is 1. The van der Waals surface area contributed by atoms with Gasteiger partial charge in [-0.2, -0.15) is 0 Å². The molecule has 3 aromatic rings. The van der Waals surface area contributed by atoms with Gasteiger partial charge in [0.15, 0.2) is 0 Å². The highest BCUT2D eigenvalue weighted by atomic mass is 35.5. The van der Waals surface area contributed by atoms with Crippen LogP contribution in [0.2, 0.25) is 5.02 Å². The Morgan fingerprint density at radius 1 is 0.941 bits per heavy atom. The molecule has 4 nitrogen and oxygen atoms in total. The van der Waals surface area contributed by atoms with Gasteiger partial charge in [0.25, 0.3) is 0 Å².